The second-order valence-electron chi connectivity index (χ2n) is 0.521. The van der Waals surface area contributed by atoms with Crippen LogP contribution in [0.3, 0.4) is 0 Å². The predicted molar refractivity (Wildman–Crippen MR) is 16.2 cm³/mol. The van der Waals surface area contributed by atoms with E-state index >= 15 is 0 Å². The van der Waals surface area contributed by atoms with Crippen LogP contribution in [0.25, 0.3) is 0 Å². The Labute approximate surface area is 41.9 Å². The first-order chi connectivity index (χ1) is 2.64. The predicted octanol–water partition coefficient (Wildman–Crippen LogP) is -0.736. The van der Waals surface area contributed by atoms with Crippen LogP contribution < -0.4 is 4.70 Å². The van der Waals surface area contributed by atoms with Gasteiger partial charge in [0.15, 0.2) is 0 Å². The van der Waals surface area contributed by atoms with Crippen LogP contribution in [0.5, 0.6) is 0 Å². The molecular formula is C2ClF4-. The van der Waals surface area contributed by atoms with Gasteiger partial charge in [-0.2, -0.15) is 13.2 Å². The van der Waals surface area contributed by atoms with Crippen molar-refractivity contribution in [3.8, 4) is 0 Å². The molecule has 0 radical (unpaired) electrons. The topological polar surface area (TPSA) is 0 Å². The van der Waals surface area contributed by atoms with Crippen molar-refractivity contribution >= 4 is 11.6 Å². The average molecular weight is 135 g/mol. The Morgan fingerprint density at radius 2 is 1.29 bits per heavy atom. The summed E-state index contributed by atoms with van der Waals surface area (Å²) in [4.78, 5) is 0. The molecule has 0 aromatic carbocycles. The Balaban J connectivity index is 0. The quantitative estimate of drug-likeness (QED) is 0.384. The summed E-state index contributed by atoms with van der Waals surface area (Å²) in [5, 5.41) is -1.94. The van der Waals surface area contributed by atoms with Crippen LogP contribution >= 0.6 is 11.6 Å². The first-order valence-corrected chi connectivity index (χ1v) is 1.38. The van der Waals surface area contributed by atoms with E-state index in [4.69, 9.17) is 0 Å². The normalized spacial score (nSPS) is 6.86. The van der Waals surface area contributed by atoms with Crippen molar-refractivity contribution in [2.45, 2.75) is 0 Å². The third kappa shape index (κ3) is 5.75. The molecule has 0 aliphatic rings. The number of halogens is 5. The van der Waals surface area contributed by atoms with Crippen molar-refractivity contribution in [3.05, 3.63) is 11.4 Å². The highest BCUT2D eigenvalue weighted by molar-refractivity contribution is 6.28. The fourth-order valence-electron chi connectivity index (χ4n) is 0. The fraction of sp³-hybridized carbons (Fsp3) is 0. The molecule has 0 unspecified atom stereocenters. The van der Waals surface area contributed by atoms with Crippen LogP contribution in [0.4, 0.5) is 13.2 Å². The van der Waals surface area contributed by atoms with Gasteiger partial charge in [-0.1, -0.05) is 0 Å². The summed E-state index contributed by atoms with van der Waals surface area (Å²) in [5.74, 6) is 0. The molecule has 7 heavy (non-hydrogen) atoms. The molecular weight excluding hydrogens is 135 g/mol. The van der Waals surface area contributed by atoms with Crippen molar-refractivity contribution in [2.75, 3.05) is 0 Å². The van der Waals surface area contributed by atoms with E-state index in [2.05, 4.69) is 11.6 Å². The van der Waals surface area contributed by atoms with Crippen LogP contribution in [0, 0.1) is 0 Å². The second kappa shape index (κ2) is 3.92. The molecule has 44 valence electrons. The Hall–Kier alpha value is -0.250. The van der Waals surface area contributed by atoms with E-state index in [0.717, 1.165) is 0 Å². The molecule has 0 nitrogen and oxygen atoms in total. The second-order valence-corrected chi connectivity index (χ2v) is 0.853. The maximum absolute atomic E-state index is 10.7. The van der Waals surface area contributed by atoms with Crippen LogP contribution in [0.1, 0.15) is 0 Å². The smallest absolute Gasteiger partial charge is 0.317 e. The fourth-order valence-corrected chi connectivity index (χ4v) is 0. The van der Waals surface area contributed by atoms with Crippen molar-refractivity contribution < 1.29 is 17.9 Å². The van der Waals surface area contributed by atoms with Gasteiger partial charge < -0.3 is 4.70 Å². The summed E-state index contributed by atoms with van der Waals surface area (Å²) in [6.45, 7) is 0. The maximum Gasteiger partial charge on any atom is 0.317 e. The SMILES string of the molecule is FC(F)=C(F)Cl.[F-]. The molecule has 0 atom stereocenters. The van der Waals surface area contributed by atoms with Gasteiger partial charge in [-0.05, 0) is 11.6 Å². The summed E-state index contributed by atoms with van der Waals surface area (Å²) in [6.07, 6.45) is -2.48. The minimum absolute atomic E-state index is 0. The summed E-state index contributed by atoms with van der Waals surface area (Å²) in [7, 11) is 0. The molecule has 0 saturated carbocycles. The minimum atomic E-state index is -2.48. The van der Waals surface area contributed by atoms with E-state index in [1.807, 2.05) is 0 Å². The molecule has 0 aromatic heterocycles. The van der Waals surface area contributed by atoms with E-state index in [1.165, 1.54) is 0 Å². The third-order valence-electron chi connectivity index (χ3n) is 0.143. The largest absolute Gasteiger partial charge is 1.00 e. The van der Waals surface area contributed by atoms with Gasteiger partial charge in [-0.3, -0.25) is 0 Å². The molecule has 0 aliphatic carbocycles. The van der Waals surface area contributed by atoms with Gasteiger partial charge in [0.1, 0.15) is 0 Å². The molecule has 0 amide bonds. The number of hydrogen-bond acceptors (Lipinski definition) is 0. The molecule has 0 aliphatic heterocycles. The molecule has 0 aromatic rings. The van der Waals surface area contributed by atoms with Gasteiger partial charge in [0, 0.05) is 0 Å². The average Bonchev–Trinajstić information content (AvgIpc) is 1.36. The van der Waals surface area contributed by atoms with Crippen LogP contribution in [0.15, 0.2) is 11.4 Å². The lowest BCUT2D eigenvalue weighted by atomic mass is 11.1. The van der Waals surface area contributed by atoms with E-state index < -0.39 is 11.4 Å². The van der Waals surface area contributed by atoms with Gasteiger partial charge >= 0.3 is 6.08 Å². The molecule has 0 fully saturated rings. The van der Waals surface area contributed by atoms with Crippen molar-refractivity contribution in [3.63, 3.8) is 0 Å². The summed E-state index contributed by atoms with van der Waals surface area (Å²) in [5.41, 5.74) is 0. The van der Waals surface area contributed by atoms with Gasteiger partial charge in [0.05, 0.1) is 0 Å². The molecule has 0 spiro atoms. The van der Waals surface area contributed by atoms with Gasteiger partial charge in [0.25, 0.3) is 5.29 Å². The van der Waals surface area contributed by atoms with E-state index in [-0.39, 0.29) is 4.70 Å². The summed E-state index contributed by atoms with van der Waals surface area (Å²) >= 11 is 4.08. The standard InChI is InChI=1S/C2ClF3.FH/c3-1(4)2(5)6;/h;1H/p-1. The van der Waals surface area contributed by atoms with Crippen LogP contribution in [-0.2, 0) is 0 Å². The maximum atomic E-state index is 10.7. The van der Waals surface area contributed by atoms with Crippen LogP contribution in [-0.4, -0.2) is 0 Å². The van der Waals surface area contributed by atoms with E-state index in [1.54, 1.807) is 0 Å². The molecule has 0 heterocycles. The molecule has 5 heteroatoms. The van der Waals surface area contributed by atoms with Gasteiger partial charge in [0.2, 0.25) is 0 Å². The first kappa shape index (κ1) is 9.89. The highest BCUT2D eigenvalue weighted by Crippen LogP contribution is 2.11. The molecule has 0 N–H and O–H groups in total. The van der Waals surface area contributed by atoms with Gasteiger partial charge in [-0.25, -0.2) is 0 Å². The Kier molecular flexibility index (Phi) is 5.54. The molecule has 0 rings (SSSR count). The Bertz CT molecular complexity index is 59.8. The highest BCUT2D eigenvalue weighted by Gasteiger charge is 1.95. The van der Waals surface area contributed by atoms with E-state index in [0.29, 0.717) is 0 Å². The lowest BCUT2D eigenvalue weighted by Gasteiger charge is -1.70. The van der Waals surface area contributed by atoms with Crippen molar-refractivity contribution in [1.82, 2.24) is 0 Å². The highest BCUT2D eigenvalue weighted by atomic mass is 35.5. The minimum Gasteiger partial charge on any atom is -1.00 e. The van der Waals surface area contributed by atoms with Crippen molar-refractivity contribution in [2.24, 2.45) is 0 Å². The zero-order chi connectivity index (χ0) is 5.15. The monoisotopic (exact) mass is 135 g/mol. The molecule has 0 bridgehead atoms. The lowest BCUT2D eigenvalue weighted by Crippen LogP contribution is -3.00. The Morgan fingerprint density at radius 3 is 1.29 bits per heavy atom. The van der Waals surface area contributed by atoms with Crippen LogP contribution in [0.2, 0.25) is 0 Å². The summed E-state index contributed by atoms with van der Waals surface area (Å²) in [6, 6.07) is 0. The first-order valence-electron chi connectivity index (χ1n) is 1.01. The zero-order valence-electron chi connectivity index (χ0n) is 2.89. The van der Waals surface area contributed by atoms with E-state index in [9.17, 15) is 13.2 Å². The number of hydrogen-bond donors (Lipinski definition) is 0. The lowest BCUT2D eigenvalue weighted by molar-refractivity contribution is -0.00000328. The zero-order valence-corrected chi connectivity index (χ0v) is 3.65. The Morgan fingerprint density at radius 1 is 1.14 bits per heavy atom. The summed E-state index contributed by atoms with van der Waals surface area (Å²) < 4.78 is 31.8. The van der Waals surface area contributed by atoms with Crippen molar-refractivity contribution in [1.29, 1.82) is 0 Å². The third-order valence-corrected chi connectivity index (χ3v) is 0.286. The number of rotatable bonds is 0. The molecule has 0 saturated heterocycles. The van der Waals surface area contributed by atoms with Gasteiger partial charge in [-0.15, -0.1) is 0 Å².